The van der Waals surface area contributed by atoms with Crippen molar-refractivity contribution in [3.63, 3.8) is 0 Å². The number of hydrogen-bond acceptors (Lipinski definition) is 6. The lowest BCUT2D eigenvalue weighted by atomic mass is 9.95. The fraction of sp³-hybridized carbons (Fsp3) is 0.333. The lowest BCUT2D eigenvalue weighted by molar-refractivity contribution is -0.384. The van der Waals surface area contributed by atoms with Crippen molar-refractivity contribution in [1.82, 2.24) is 4.90 Å². The molecule has 1 heterocycles. The standard InChI is InChI=1S/C21H23N3O6/c1-29-17-7-4-8-18(30-2)19(17)21(26)23-11-9-14(10-12-23)20(25)22-15-5-3-6-16(13-15)24(27)28/h3-8,13-14H,9-12H2,1-2H3,(H,22,25). The van der Waals surface area contributed by atoms with Crippen LogP contribution in [0.2, 0.25) is 0 Å². The number of nitrogens with zero attached hydrogens (tertiary/aromatic N) is 2. The molecule has 1 fully saturated rings. The Balaban J connectivity index is 1.64. The van der Waals surface area contributed by atoms with Gasteiger partial charge in [-0.05, 0) is 31.0 Å². The van der Waals surface area contributed by atoms with Crippen molar-refractivity contribution < 1.29 is 24.0 Å². The molecule has 0 atom stereocenters. The zero-order valence-electron chi connectivity index (χ0n) is 16.8. The van der Waals surface area contributed by atoms with E-state index in [0.717, 1.165) is 0 Å². The summed E-state index contributed by atoms with van der Waals surface area (Å²) in [7, 11) is 2.99. The highest BCUT2D eigenvalue weighted by Gasteiger charge is 2.30. The predicted octanol–water partition coefficient (Wildman–Crippen LogP) is 3.10. The molecular weight excluding hydrogens is 390 g/mol. The number of piperidine rings is 1. The zero-order valence-corrected chi connectivity index (χ0v) is 16.8. The van der Waals surface area contributed by atoms with Crippen LogP contribution in [0.4, 0.5) is 11.4 Å². The maximum atomic E-state index is 13.0. The first-order chi connectivity index (χ1) is 14.4. The summed E-state index contributed by atoms with van der Waals surface area (Å²) in [6, 6.07) is 11.0. The van der Waals surface area contributed by atoms with Crippen LogP contribution in [0.5, 0.6) is 11.5 Å². The van der Waals surface area contributed by atoms with E-state index in [-0.39, 0.29) is 23.4 Å². The van der Waals surface area contributed by atoms with Gasteiger partial charge in [-0.1, -0.05) is 12.1 Å². The minimum absolute atomic E-state index is 0.0843. The molecule has 0 bridgehead atoms. The van der Waals surface area contributed by atoms with Crippen molar-refractivity contribution in [1.29, 1.82) is 0 Å². The monoisotopic (exact) mass is 413 g/mol. The van der Waals surface area contributed by atoms with Gasteiger partial charge in [0, 0.05) is 36.8 Å². The molecule has 158 valence electrons. The molecular formula is C21H23N3O6. The molecule has 0 aromatic heterocycles. The van der Waals surface area contributed by atoms with Crippen LogP contribution in [0.15, 0.2) is 42.5 Å². The Hall–Kier alpha value is -3.62. The van der Waals surface area contributed by atoms with Gasteiger partial charge in [0.05, 0.1) is 19.1 Å². The van der Waals surface area contributed by atoms with Crippen LogP contribution >= 0.6 is 0 Å². The van der Waals surface area contributed by atoms with E-state index in [1.54, 1.807) is 29.2 Å². The highest BCUT2D eigenvalue weighted by Crippen LogP contribution is 2.31. The molecule has 0 radical (unpaired) electrons. The zero-order chi connectivity index (χ0) is 21.7. The molecule has 2 aromatic rings. The Morgan fingerprint density at radius 3 is 2.23 bits per heavy atom. The van der Waals surface area contributed by atoms with E-state index in [1.165, 1.54) is 32.4 Å². The summed E-state index contributed by atoms with van der Waals surface area (Å²) in [6.45, 7) is 0.820. The average Bonchev–Trinajstić information content (AvgIpc) is 2.78. The molecule has 0 aliphatic carbocycles. The number of non-ortho nitro benzene ring substituents is 1. The summed E-state index contributed by atoms with van der Waals surface area (Å²) in [5.41, 5.74) is 0.660. The van der Waals surface area contributed by atoms with Gasteiger partial charge in [0.2, 0.25) is 5.91 Å². The SMILES string of the molecule is COc1cccc(OC)c1C(=O)N1CCC(C(=O)Nc2cccc([N+](=O)[O-])c2)CC1. The third-order valence-electron chi connectivity index (χ3n) is 5.12. The van der Waals surface area contributed by atoms with Crippen LogP contribution in [0.3, 0.4) is 0 Å². The number of ether oxygens (including phenoxy) is 2. The number of hydrogen-bond donors (Lipinski definition) is 1. The quantitative estimate of drug-likeness (QED) is 0.575. The highest BCUT2D eigenvalue weighted by atomic mass is 16.6. The predicted molar refractivity (Wildman–Crippen MR) is 110 cm³/mol. The number of nitro groups is 1. The highest BCUT2D eigenvalue weighted by molar-refractivity contribution is 6.00. The molecule has 2 amide bonds. The first kappa shape index (κ1) is 21.1. The van der Waals surface area contributed by atoms with Gasteiger partial charge in [-0.3, -0.25) is 19.7 Å². The Morgan fingerprint density at radius 1 is 1.07 bits per heavy atom. The van der Waals surface area contributed by atoms with Crippen LogP contribution in [0.1, 0.15) is 23.2 Å². The van der Waals surface area contributed by atoms with E-state index in [4.69, 9.17) is 9.47 Å². The Bertz CT molecular complexity index is 931. The summed E-state index contributed by atoms with van der Waals surface area (Å²) in [6.07, 6.45) is 0.980. The maximum Gasteiger partial charge on any atom is 0.271 e. The van der Waals surface area contributed by atoms with Gasteiger partial charge in [-0.15, -0.1) is 0 Å². The summed E-state index contributed by atoms with van der Waals surface area (Å²) >= 11 is 0. The minimum Gasteiger partial charge on any atom is -0.496 e. The fourth-order valence-electron chi connectivity index (χ4n) is 3.51. The van der Waals surface area contributed by atoms with Gasteiger partial charge in [-0.25, -0.2) is 0 Å². The van der Waals surface area contributed by atoms with Gasteiger partial charge in [0.1, 0.15) is 17.1 Å². The number of likely N-dealkylation sites (tertiary alicyclic amines) is 1. The topological polar surface area (TPSA) is 111 Å². The molecule has 0 unspecified atom stereocenters. The Morgan fingerprint density at radius 2 is 1.67 bits per heavy atom. The number of nitro benzene ring substituents is 1. The van der Waals surface area contributed by atoms with E-state index < -0.39 is 4.92 Å². The molecule has 9 heteroatoms. The second kappa shape index (κ2) is 9.25. The van der Waals surface area contributed by atoms with Crippen LogP contribution in [0, 0.1) is 16.0 Å². The molecule has 30 heavy (non-hydrogen) atoms. The lowest BCUT2D eigenvalue weighted by Gasteiger charge is -2.32. The van der Waals surface area contributed by atoms with Gasteiger partial charge in [0.15, 0.2) is 0 Å². The molecule has 1 N–H and O–H groups in total. The molecule has 1 aliphatic rings. The first-order valence-electron chi connectivity index (χ1n) is 9.50. The number of carbonyl (C=O) groups is 2. The van der Waals surface area contributed by atoms with E-state index in [2.05, 4.69) is 5.32 Å². The van der Waals surface area contributed by atoms with Crippen molar-refractivity contribution in [2.75, 3.05) is 32.6 Å². The van der Waals surface area contributed by atoms with Crippen molar-refractivity contribution in [3.05, 3.63) is 58.1 Å². The smallest absolute Gasteiger partial charge is 0.271 e. The second-order valence-electron chi connectivity index (χ2n) is 6.90. The average molecular weight is 413 g/mol. The number of benzene rings is 2. The van der Waals surface area contributed by atoms with Crippen molar-refractivity contribution in [3.8, 4) is 11.5 Å². The van der Waals surface area contributed by atoms with E-state index >= 15 is 0 Å². The number of anilines is 1. The summed E-state index contributed by atoms with van der Waals surface area (Å²) in [5, 5.41) is 13.6. The lowest BCUT2D eigenvalue weighted by Crippen LogP contribution is -2.41. The van der Waals surface area contributed by atoms with Crippen LogP contribution in [-0.4, -0.2) is 48.9 Å². The van der Waals surface area contributed by atoms with Gasteiger partial charge >= 0.3 is 0 Å². The van der Waals surface area contributed by atoms with E-state index in [9.17, 15) is 19.7 Å². The second-order valence-corrected chi connectivity index (χ2v) is 6.90. The van der Waals surface area contributed by atoms with Crippen molar-refractivity contribution >= 4 is 23.2 Å². The number of nitrogens with one attached hydrogen (secondary N) is 1. The summed E-state index contributed by atoms with van der Waals surface area (Å²) in [5.74, 6) is 0.168. The molecule has 1 saturated heterocycles. The molecule has 0 spiro atoms. The van der Waals surface area contributed by atoms with Crippen LogP contribution in [-0.2, 0) is 4.79 Å². The Labute approximate surface area is 173 Å². The van der Waals surface area contributed by atoms with Gasteiger partial charge in [0.25, 0.3) is 11.6 Å². The Kier molecular flexibility index (Phi) is 6.51. The van der Waals surface area contributed by atoms with E-state index in [1.807, 2.05) is 0 Å². The summed E-state index contributed by atoms with van der Waals surface area (Å²) in [4.78, 5) is 37.7. The number of amides is 2. The largest absolute Gasteiger partial charge is 0.496 e. The molecule has 1 aliphatic heterocycles. The number of rotatable bonds is 6. The van der Waals surface area contributed by atoms with Crippen LogP contribution < -0.4 is 14.8 Å². The maximum absolute atomic E-state index is 13.0. The van der Waals surface area contributed by atoms with E-state index in [0.29, 0.717) is 48.7 Å². The number of methoxy groups -OCH3 is 2. The minimum atomic E-state index is -0.508. The first-order valence-corrected chi connectivity index (χ1v) is 9.50. The fourth-order valence-corrected chi connectivity index (χ4v) is 3.51. The molecule has 9 nitrogen and oxygen atoms in total. The third kappa shape index (κ3) is 4.51. The number of carbonyl (C=O) groups excluding carboxylic acids is 2. The third-order valence-corrected chi connectivity index (χ3v) is 5.12. The van der Waals surface area contributed by atoms with Gasteiger partial charge in [-0.2, -0.15) is 0 Å². The van der Waals surface area contributed by atoms with Crippen molar-refractivity contribution in [2.45, 2.75) is 12.8 Å². The van der Waals surface area contributed by atoms with Crippen molar-refractivity contribution in [2.24, 2.45) is 5.92 Å². The molecule has 0 saturated carbocycles. The van der Waals surface area contributed by atoms with Gasteiger partial charge < -0.3 is 19.7 Å². The van der Waals surface area contributed by atoms with Crippen LogP contribution in [0.25, 0.3) is 0 Å². The molecule has 2 aromatic carbocycles. The normalized spacial score (nSPS) is 14.1. The summed E-state index contributed by atoms with van der Waals surface area (Å²) < 4.78 is 10.6. The molecule has 3 rings (SSSR count).